The maximum atomic E-state index is 13.7. The molecule has 2 aromatic carbocycles. The predicted octanol–water partition coefficient (Wildman–Crippen LogP) is 5.32. The van der Waals surface area contributed by atoms with Gasteiger partial charge in [-0.15, -0.1) is 0 Å². The summed E-state index contributed by atoms with van der Waals surface area (Å²) < 4.78 is 51.7. The van der Waals surface area contributed by atoms with E-state index in [0.29, 0.717) is 11.4 Å². The van der Waals surface area contributed by atoms with Crippen molar-refractivity contribution in [2.24, 2.45) is 0 Å². The lowest BCUT2D eigenvalue weighted by molar-refractivity contribution is -0.161. The molecule has 0 heterocycles. The van der Waals surface area contributed by atoms with Crippen LogP contribution in [0.1, 0.15) is 11.1 Å². The Balaban J connectivity index is 2.49. The Bertz CT molecular complexity index is 630. The zero-order chi connectivity index (χ0) is 17.2. The van der Waals surface area contributed by atoms with Gasteiger partial charge in [0, 0.05) is 11.4 Å². The van der Waals surface area contributed by atoms with E-state index in [4.69, 9.17) is 5.41 Å². The fourth-order valence-corrected chi connectivity index (χ4v) is 2.08. The molecule has 0 aliphatic rings. The van der Waals surface area contributed by atoms with E-state index < -0.39 is 18.2 Å². The summed E-state index contributed by atoms with van der Waals surface area (Å²) in [5, 5.41) is 7.72. The Kier molecular flexibility index (Phi) is 4.73. The van der Waals surface area contributed by atoms with Gasteiger partial charge in [-0.25, -0.2) is 4.39 Å². The van der Waals surface area contributed by atoms with Gasteiger partial charge in [-0.1, -0.05) is 35.4 Å². The third-order valence-electron chi connectivity index (χ3n) is 3.35. The molecular formula is C17H16F4N2. The summed E-state index contributed by atoms with van der Waals surface area (Å²) in [6, 6.07) is 13.0. The molecule has 0 radical (unpaired) electrons. The maximum Gasteiger partial charge on any atom is 0.427 e. The van der Waals surface area contributed by atoms with Crippen molar-refractivity contribution in [2.75, 3.05) is 4.90 Å². The van der Waals surface area contributed by atoms with E-state index in [1.54, 1.807) is 48.5 Å². The van der Waals surface area contributed by atoms with E-state index >= 15 is 0 Å². The summed E-state index contributed by atoms with van der Waals surface area (Å²) in [6.45, 7) is 3.66. The van der Waals surface area contributed by atoms with Crippen molar-refractivity contribution >= 4 is 17.2 Å². The quantitative estimate of drug-likeness (QED) is 0.462. The molecule has 1 N–H and O–H groups in total. The molecule has 6 heteroatoms. The first-order valence-electron chi connectivity index (χ1n) is 6.93. The van der Waals surface area contributed by atoms with E-state index in [2.05, 4.69) is 0 Å². The molecule has 2 rings (SSSR count). The molecule has 0 spiro atoms. The molecule has 0 aliphatic carbocycles. The topological polar surface area (TPSA) is 27.1 Å². The third-order valence-corrected chi connectivity index (χ3v) is 3.35. The van der Waals surface area contributed by atoms with Gasteiger partial charge in [-0.05, 0) is 38.1 Å². The summed E-state index contributed by atoms with van der Waals surface area (Å²) >= 11 is 0. The molecule has 1 unspecified atom stereocenters. The SMILES string of the molecule is Cc1ccc(N(C(=N)C(F)C(F)(F)F)c2ccc(C)cc2)cc1. The number of benzene rings is 2. The summed E-state index contributed by atoms with van der Waals surface area (Å²) in [7, 11) is 0. The molecule has 0 aromatic heterocycles. The van der Waals surface area contributed by atoms with E-state index in [0.717, 1.165) is 16.0 Å². The van der Waals surface area contributed by atoms with Crippen LogP contribution < -0.4 is 4.90 Å². The zero-order valence-corrected chi connectivity index (χ0v) is 12.7. The first-order chi connectivity index (χ1) is 10.7. The largest absolute Gasteiger partial charge is 0.427 e. The minimum absolute atomic E-state index is 0.302. The van der Waals surface area contributed by atoms with E-state index in [9.17, 15) is 17.6 Å². The molecule has 2 aromatic rings. The molecule has 0 saturated heterocycles. The van der Waals surface area contributed by atoms with Crippen molar-refractivity contribution in [3.63, 3.8) is 0 Å². The van der Waals surface area contributed by atoms with Gasteiger partial charge in [-0.2, -0.15) is 13.2 Å². The Morgan fingerprint density at radius 3 is 1.52 bits per heavy atom. The fourth-order valence-electron chi connectivity index (χ4n) is 2.08. The number of amidine groups is 1. The molecule has 0 bridgehead atoms. The molecule has 0 aliphatic heterocycles. The Hall–Kier alpha value is -2.37. The standard InChI is InChI=1S/C17H16F4N2/c1-11-3-7-13(8-4-11)23(14-9-5-12(2)6-10-14)16(22)15(18)17(19,20)21/h3-10,15,22H,1-2H3. The first kappa shape index (κ1) is 17.0. The fraction of sp³-hybridized carbons (Fsp3) is 0.235. The van der Waals surface area contributed by atoms with Gasteiger partial charge in [0.1, 0.15) is 5.84 Å². The van der Waals surface area contributed by atoms with E-state index in [-0.39, 0.29) is 0 Å². The molecule has 122 valence electrons. The second kappa shape index (κ2) is 6.40. The summed E-state index contributed by atoms with van der Waals surface area (Å²) in [4.78, 5) is 0.969. The average molecular weight is 324 g/mol. The molecule has 0 amide bonds. The molecule has 2 nitrogen and oxygen atoms in total. The molecule has 0 saturated carbocycles. The number of hydrogen-bond acceptors (Lipinski definition) is 1. The zero-order valence-electron chi connectivity index (χ0n) is 12.7. The monoisotopic (exact) mass is 324 g/mol. The van der Waals surface area contributed by atoms with Crippen LogP contribution in [0.4, 0.5) is 28.9 Å². The highest BCUT2D eigenvalue weighted by Gasteiger charge is 2.45. The molecule has 1 atom stereocenters. The normalized spacial score (nSPS) is 12.8. The highest BCUT2D eigenvalue weighted by atomic mass is 19.4. The number of nitrogens with zero attached hydrogens (tertiary/aromatic N) is 1. The minimum Gasteiger partial charge on any atom is -0.296 e. The Morgan fingerprint density at radius 2 is 1.22 bits per heavy atom. The lowest BCUT2D eigenvalue weighted by Gasteiger charge is -2.28. The van der Waals surface area contributed by atoms with Crippen LogP contribution >= 0.6 is 0 Å². The number of hydrogen-bond donors (Lipinski definition) is 1. The molecule has 23 heavy (non-hydrogen) atoms. The predicted molar refractivity (Wildman–Crippen MR) is 83.2 cm³/mol. The van der Waals surface area contributed by atoms with Gasteiger partial charge < -0.3 is 0 Å². The van der Waals surface area contributed by atoms with E-state index in [1.807, 2.05) is 13.8 Å². The van der Waals surface area contributed by atoms with Crippen molar-refractivity contribution in [3.05, 3.63) is 59.7 Å². The van der Waals surface area contributed by atoms with Crippen LogP contribution in [0.25, 0.3) is 0 Å². The number of rotatable bonds is 3. The Morgan fingerprint density at radius 1 is 0.870 bits per heavy atom. The summed E-state index contributed by atoms with van der Waals surface area (Å²) in [5.74, 6) is -1.16. The van der Waals surface area contributed by atoms with Crippen molar-refractivity contribution in [1.82, 2.24) is 0 Å². The second-order valence-electron chi connectivity index (χ2n) is 5.30. The summed E-state index contributed by atoms with van der Waals surface area (Å²) in [5.41, 5.74) is 2.43. The van der Waals surface area contributed by atoms with Gasteiger partial charge in [0.15, 0.2) is 0 Å². The van der Waals surface area contributed by atoms with Crippen LogP contribution in [0.15, 0.2) is 48.5 Å². The van der Waals surface area contributed by atoms with Crippen LogP contribution in [0, 0.1) is 19.3 Å². The van der Waals surface area contributed by atoms with Gasteiger partial charge >= 0.3 is 6.18 Å². The minimum atomic E-state index is -5.12. The van der Waals surface area contributed by atoms with Gasteiger partial charge in [0.2, 0.25) is 0 Å². The highest BCUT2D eigenvalue weighted by molar-refractivity contribution is 6.05. The highest BCUT2D eigenvalue weighted by Crippen LogP contribution is 2.32. The van der Waals surface area contributed by atoms with Crippen molar-refractivity contribution in [1.29, 1.82) is 5.41 Å². The first-order valence-corrected chi connectivity index (χ1v) is 6.93. The molecular weight excluding hydrogens is 308 g/mol. The van der Waals surface area contributed by atoms with Crippen LogP contribution in [0.3, 0.4) is 0 Å². The van der Waals surface area contributed by atoms with Crippen molar-refractivity contribution in [2.45, 2.75) is 26.2 Å². The van der Waals surface area contributed by atoms with Crippen LogP contribution in [-0.2, 0) is 0 Å². The Labute approximate surface area is 131 Å². The average Bonchev–Trinajstić information content (AvgIpc) is 2.49. The van der Waals surface area contributed by atoms with Crippen LogP contribution in [-0.4, -0.2) is 18.2 Å². The number of aryl methyl sites for hydroxylation is 2. The van der Waals surface area contributed by atoms with Gasteiger partial charge in [0.05, 0.1) is 0 Å². The van der Waals surface area contributed by atoms with Gasteiger partial charge in [0.25, 0.3) is 6.17 Å². The number of nitrogens with one attached hydrogen (secondary N) is 1. The number of anilines is 2. The maximum absolute atomic E-state index is 13.7. The van der Waals surface area contributed by atoms with Crippen molar-refractivity contribution < 1.29 is 17.6 Å². The number of halogens is 4. The molecule has 0 fully saturated rings. The lowest BCUT2D eigenvalue weighted by Crippen LogP contribution is -2.41. The van der Waals surface area contributed by atoms with Crippen LogP contribution in [0.2, 0.25) is 0 Å². The number of alkyl halides is 4. The lowest BCUT2D eigenvalue weighted by atomic mass is 10.1. The third kappa shape index (κ3) is 3.88. The van der Waals surface area contributed by atoms with E-state index in [1.165, 1.54) is 0 Å². The van der Waals surface area contributed by atoms with Crippen LogP contribution in [0.5, 0.6) is 0 Å². The summed E-state index contributed by atoms with van der Waals surface area (Å²) in [6.07, 6.45) is -8.48. The van der Waals surface area contributed by atoms with Crippen molar-refractivity contribution in [3.8, 4) is 0 Å². The second-order valence-corrected chi connectivity index (χ2v) is 5.30. The van der Waals surface area contributed by atoms with Gasteiger partial charge in [-0.3, -0.25) is 10.3 Å². The smallest absolute Gasteiger partial charge is 0.296 e.